The second-order valence-corrected chi connectivity index (χ2v) is 5.98. The Kier molecular flexibility index (Phi) is 5.55. The van der Waals surface area contributed by atoms with Crippen molar-refractivity contribution in [2.75, 3.05) is 13.1 Å². The summed E-state index contributed by atoms with van der Waals surface area (Å²) in [7, 11) is 0. The van der Waals surface area contributed by atoms with E-state index in [9.17, 15) is 4.79 Å². The molecule has 0 aromatic heterocycles. The monoisotopic (exact) mass is 263 g/mol. The van der Waals surface area contributed by atoms with Crippen LogP contribution in [0.2, 0.25) is 0 Å². The van der Waals surface area contributed by atoms with Gasteiger partial charge in [0.1, 0.15) is 0 Å². The molecule has 0 unspecified atom stereocenters. The minimum absolute atomic E-state index is 0.00795. The van der Waals surface area contributed by atoms with Gasteiger partial charge in [-0.05, 0) is 17.0 Å². The number of rotatable bonds is 7. The highest BCUT2D eigenvalue weighted by molar-refractivity contribution is 5.66. The number of hydrogen-bond donors (Lipinski definition) is 2. The molecule has 0 spiro atoms. The van der Waals surface area contributed by atoms with Gasteiger partial charge < -0.3 is 10.4 Å². The van der Waals surface area contributed by atoms with Crippen LogP contribution in [0.4, 0.5) is 0 Å². The van der Waals surface area contributed by atoms with Gasteiger partial charge in [0.05, 0.1) is 6.42 Å². The van der Waals surface area contributed by atoms with Crippen molar-refractivity contribution in [2.45, 2.75) is 45.4 Å². The molecule has 19 heavy (non-hydrogen) atoms. The summed E-state index contributed by atoms with van der Waals surface area (Å²) in [5.41, 5.74) is 2.63. The number of hydrogen-bond acceptors (Lipinski definition) is 2. The van der Waals surface area contributed by atoms with Crippen molar-refractivity contribution in [3.63, 3.8) is 0 Å². The van der Waals surface area contributed by atoms with Crippen molar-refractivity contribution in [2.24, 2.45) is 0 Å². The van der Waals surface area contributed by atoms with Crippen LogP contribution >= 0.6 is 0 Å². The summed E-state index contributed by atoms with van der Waals surface area (Å²) in [5.74, 6) is -0.211. The number of aliphatic carboxylic acids is 1. The van der Waals surface area contributed by atoms with E-state index in [-0.39, 0.29) is 11.8 Å². The van der Waals surface area contributed by atoms with Crippen LogP contribution in [0.3, 0.4) is 0 Å². The molecule has 0 aliphatic heterocycles. The lowest BCUT2D eigenvalue weighted by molar-refractivity contribution is -0.136. The van der Waals surface area contributed by atoms with Crippen LogP contribution in [0.15, 0.2) is 24.3 Å². The van der Waals surface area contributed by atoms with E-state index in [4.69, 9.17) is 5.11 Å². The zero-order valence-electron chi connectivity index (χ0n) is 12.4. The van der Waals surface area contributed by atoms with Gasteiger partial charge in [-0.2, -0.15) is 0 Å². The zero-order valence-corrected chi connectivity index (χ0v) is 12.4. The fourth-order valence-corrected chi connectivity index (χ4v) is 2.02. The van der Waals surface area contributed by atoms with E-state index in [1.807, 2.05) is 0 Å². The van der Waals surface area contributed by atoms with E-state index >= 15 is 0 Å². The Balaban J connectivity index is 2.58. The Labute approximate surface area is 116 Å². The van der Waals surface area contributed by atoms with Crippen LogP contribution in [0.5, 0.6) is 0 Å². The van der Waals surface area contributed by atoms with Crippen LogP contribution in [-0.2, 0) is 10.2 Å². The molecule has 2 N–H and O–H groups in total. The van der Waals surface area contributed by atoms with Crippen molar-refractivity contribution in [1.82, 2.24) is 5.32 Å². The largest absolute Gasteiger partial charge is 0.481 e. The minimum atomic E-state index is -0.758. The van der Waals surface area contributed by atoms with Crippen molar-refractivity contribution < 1.29 is 9.90 Å². The minimum Gasteiger partial charge on any atom is -0.481 e. The molecule has 0 fully saturated rings. The molecule has 0 amide bonds. The fourth-order valence-electron chi connectivity index (χ4n) is 2.02. The number of benzene rings is 1. The molecule has 1 rings (SSSR count). The molecule has 0 bridgehead atoms. The summed E-state index contributed by atoms with van der Waals surface area (Å²) in [5, 5.41) is 11.8. The molecule has 0 radical (unpaired) electrons. The summed E-state index contributed by atoms with van der Waals surface area (Å²) >= 11 is 0. The second-order valence-electron chi connectivity index (χ2n) is 5.98. The molecule has 0 saturated carbocycles. The van der Waals surface area contributed by atoms with E-state index in [1.165, 1.54) is 11.1 Å². The van der Waals surface area contributed by atoms with Gasteiger partial charge in [-0.25, -0.2) is 0 Å². The molecule has 3 heteroatoms. The molecule has 0 atom stereocenters. The van der Waals surface area contributed by atoms with Crippen LogP contribution in [-0.4, -0.2) is 24.2 Å². The lowest BCUT2D eigenvalue weighted by Gasteiger charge is -2.26. The van der Waals surface area contributed by atoms with Gasteiger partial charge in [0.25, 0.3) is 0 Å². The van der Waals surface area contributed by atoms with Gasteiger partial charge in [-0.3, -0.25) is 4.79 Å². The van der Waals surface area contributed by atoms with Crippen LogP contribution in [0, 0.1) is 0 Å². The first kappa shape index (κ1) is 15.7. The topological polar surface area (TPSA) is 49.3 Å². The third-order valence-electron chi connectivity index (χ3n) is 3.44. The third kappa shape index (κ3) is 5.03. The maximum atomic E-state index is 10.5. The second kappa shape index (κ2) is 6.71. The number of carboxylic acid groups (broad SMARTS) is 1. The smallest absolute Gasteiger partial charge is 0.304 e. The quantitative estimate of drug-likeness (QED) is 0.743. The molecular weight excluding hydrogens is 238 g/mol. The van der Waals surface area contributed by atoms with Gasteiger partial charge in [-0.15, -0.1) is 0 Å². The van der Waals surface area contributed by atoms with Crippen molar-refractivity contribution in [3.05, 3.63) is 35.4 Å². The first-order valence-electron chi connectivity index (χ1n) is 6.86. The van der Waals surface area contributed by atoms with Gasteiger partial charge in [0, 0.05) is 18.5 Å². The third-order valence-corrected chi connectivity index (χ3v) is 3.44. The number of carboxylic acids is 1. The molecule has 3 nitrogen and oxygen atoms in total. The molecule has 106 valence electrons. The number of nitrogens with one attached hydrogen (secondary N) is 1. The highest BCUT2D eigenvalue weighted by Gasteiger charge is 2.20. The molecule has 0 aliphatic rings. The zero-order chi connectivity index (χ0) is 14.5. The van der Waals surface area contributed by atoms with Crippen LogP contribution < -0.4 is 5.32 Å². The van der Waals surface area contributed by atoms with E-state index in [0.29, 0.717) is 12.5 Å². The molecule has 0 heterocycles. The summed E-state index contributed by atoms with van der Waals surface area (Å²) in [6, 6.07) is 8.71. The first-order chi connectivity index (χ1) is 8.83. The van der Waals surface area contributed by atoms with Gasteiger partial charge in [-0.1, -0.05) is 52.0 Å². The van der Waals surface area contributed by atoms with Crippen molar-refractivity contribution in [3.8, 4) is 0 Å². The van der Waals surface area contributed by atoms with Crippen LogP contribution in [0.25, 0.3) is 0 Å². The van der Waals surface area contributed by atoms with Gasteiger partial charge in [0.2, 0.25) is 0 Å². The summed E-state index contributed by atoms with van der Waals surface area (Å²) in [6.45, 7) is 10.0. The Hall–Kier alpha value is -1.35. The van der Waals surface area contributed by atoms with E-state index < -0.39 is 5.97 Å². The van der Waals surface area contributed by atoms with Crippen LogP contribution in [0.1, 0.15) is 51.2 Å². The summed E-state index contributed by atoms with van der Waals surface area (Å²) in [6.07, 6.45) is 0.169. The lowest BCUT2D eigenvalue weighted by Crippen LogP contribution is -2.34. The average Bonchev–Trinajstić information content (AvgIpc) is 2.34. The van der Waals surface area contributed by atoms with E-state index in [1.54, 1.807) is 0 Å². The molecule has 1 aromatic carbocycles. The maximum absolute atomic E-state index is 10.5. The predicted octanol–water partition coefficient (Wildman–Crippen LogP) is 3.15. The molecule has 0 saturated heterocycles. The van der Waals surface area contributed by atoms with E-state index in [0.717, 1.165) is 6.54 Å². The predicted molar refractivity (Wildman–Crippen MR) is 78.7 cm³/mol. The standard InChI is InChI=1S/C16H25NO2/c1-12(2)13-5-7-14(8-6-13)16(3,4)11-17-10-9-15(18)19/h5-8,12,17H,9-11H2,1-4H3,(H,18,19). The van der Waals surface area contributed by atoms with E-state index in [2.05, 4.69) is 57.3 Å². The lowest BCUT2D eigenvalue weighted by atomic mass is 9.83. The fraction of sp³-hybridized carbons (Fsp3) is 0.562. The van der Waals surface area contributed by atoms with Crippen molar-refractivity contribution >= 4 is 5.97 Å². The van der Waals surface area contributed by atoms with Gasteiger partial charge in [0.15, 0.2) is 0 Å². The summed E-state index contributed by atoms with van der Waals surface area (Å²) < 4.78 is 0. The maximum Gasteiger partial charge on any atom is 0.304 e. The molecule has 1 aromatic rings. The Morgan fingerprint density at radius 2 is 1.84 bits per heavy atom. The highest BCUT2D eigenvalue weighted by Crippen LogP contribution is 2.24. The molecular formula is C16H25NO2. The highest BCUT2D eigenvalue weighted by atomic mass is 16.4. The first-order valence-corrected chi connectivity index (χ1v) is 6.86. The molecule has 0 aliphatic carbocycles. The number of carbonyl (C=O) groups is 1. The SMILES string of the molecule is CC(C)c1ccc(C(C)(C)CNCCC(=O)O)cc1. The van der Waals surface area contributed by atoms with Gasteiger partial charge >= 0.3 is 5.97 Å². The average molecular weight is 263 g/mol. The Morgan fingerprint density at radius 3 is 2.32 bits per heavy atom. The normalized spacial score (nSPS) is 11.8. The summed E-state index contributed by atoms with van der Waals surface area (Å²) in [4.78, 5) is 10.5. The Bertz CT molecular complexity index is 407. The van der Waals surface area contributed by atoms with Crippen molar-refractivity contribution in [1.29, 1.82) is 0 Å². The Morgan fingerprint density at radius 1 is 1.26 bits per heavy atom.